The van der Waals surface area contributed by atoms with Crippen LogP contribution in [0.3, 0.4) is 0 Å². The summed E-state index contributed by atoms with van der Waals surface area (Å²) in [5, 5.41) is 0. The fraction of sp³-hybridized carbons (Fsp3) is 1.00. The first-order valence-corrected chi connectivity index (χ1v) is 11.9. The van der Waals surface area contributed by atoms with Crippen LogP contribution in [0.4, 0.5) is 0 Å². The van der Waals surface area contributed by atoms with Gasteiger partial charge in [0.1, 0.15) is 0 Å². The summed E-state index contributed by atoms with van der Waals surface area (Å²) in [6.45, 7) is 15.8. The Morgan fingerprint density at radius 3 is 1.35 bits per heavy atom. The average molecular weight is 322 g/mol. The van der Waals surface area contributed by atoms with Gasteiger partial charge in [0.15, 0.2) is 0 Å². The normalized spacial score (nSPS) is 23.6. The standard InChI is InChI=1S/C12H28ClGeN3/c1-11(2,3)16-9-10-17(12(4,5)6)14(16,13)15(7)8/h9-10H2,1-8H3. The molecule has 1 aliphatic rings. The van der Waals surface area contributed by atoms with Crippen LogP contribution < -0.4 is 0 Å². The van der Waals surface area contributed by atoms with Crippen molar-refractivity contribution in [2.45, 2.75) is 52.6 Å². The van der Waals surface area contributed by atoms with Gasteiger partial charge in [0, 0.05) is 0 Å². The van der Waals surface area contributed by atoms with Crippen molar-refractivity contribution in [3.05, 3.63) is 0 Å². The second-order valence-corrected chi connectivity index (χ2v) is 16.2. The molecule has 3 nitrogen and oxygen atoms in total. The van der Waals surface area contributed by atoms with Gasteiger partial charge in [0.05, 0.1) is 0 Å². The van der Waals surface area contributed by atoms with Gasteiger partial charge in [-0.1, -0.05) is 0 Å². The molecule has 102 valence electrons. The molecule has 0 spiro atoms. The van der Waals surface area contributed by atoms with Gasteiger partial charge in [-0.05, 0) is 0 Å². The van der Waals surface area contributed by atoms with Crippen molar-refractivity contribution in [2.24, 2.45) is 0 Å². The van der Waals surface area contributed by atoms with Crippen molar-refractivity contribution in [3.63, 3.8) is 0 Å². The SMILES string of the molecule is C[N](C)[Ge]1([Cl])[N](C(C)(C)C)CC[N]1C(C)(C)C. The summed E-state index contributed by atoms with van der Waals surface area (Å²) in [5.74, 6) is 0. The quantitative estimate of drug-likeness (QED) is 0.687. The van der Waals surface area contributed by atoms with Crippen LogP contribution in [0.5, 0.6) is 0 Å². The summed E-state index contributed by atoms with van der Waals surface area (Å²) in [6.07, 6.45) is 0. The number of hydrogen-bond acceptors (Lipinski definition) is 3. The van der Waals surface area contributed by atoms with E-state index in [9.17, 15) is 0 Å². The first kappa shape index (κ1) is 15.8. The third kappa shape index (κ3) is 2.84. The zero-order chi connectivity index (χ0) is 13.6. The molecule has 1 fully saturated rings. The van der Waals surface area contributed by atoms with Crippen LogP contribution in [-0.4, -0.2) is 62.8 Å². The Balaban J connectivity index is 3.16. The maximum atomic E-state index is 7.17. The van der Waals surface area contributed by atoms with E-state index in [-0.39, 0.29) is 11.1 Å². The molecule has 0 aliphatic carbocycles. The molecule has 0 aromatic carbocycles. The molecule has 0 aromatic rings. The van der Waals surface area contributed by atoms with E-state index >= 15 is 0 Å². The van der Waals surface area contributed by atoms with Gasteiger partial charge < -0.3 is 0 Å². The molecule has 1 heterocycles. The number of nitrogens with zero attached hydrogens (tertiary/aromatic N) is 3. The van der Waals surface area contributed by atoms with E-state index < -0.39 is 13.0 Å². The molecule has 0 amide bonds. The third-order valence-electron chi connectivity index (χ3n) is 3.42. The van der Waals surface area contributed by atoms with E-state index in [4.69, 9.17) is 10.0 Å². The van der Waals surface area contributed by atoms with Crippen LogP contribution in [0.1, 0.15) is 41.5 Å². The second-order valence-electron chi connectivity index (χ2n) is 7.09. The predicted octanol–water partition coefficient (Wildman–Crippen LogP) is 2.44. The van der Waals surface area contributed by atoms with Gasteiger partial charge in [-0.2, -0.15) is 0 Å². The van der Waals surface area contributed by atoms with Crippen LogP contribution in [0.15, 0.2) is 0 Å². The molecule has 1 aliphatic heterocycles. The Labute approximate surface area is 114 Å². The van der Waals surface area contributed by atoms with Gasteiger partial charge >= 0.3 is 114 Å². The van der Waals surface area contributed by atoms with E-state index in [1.165, 1.54) is 0 Å². The average Bonchev–Trinajstić information content (AvgIpc) is 2.41. The first-order chi connectivity index (χ1) is 7.41. The zero-order valence-corrected chi connectivity index (χ0v) is 15.5. The van der Waals surface area contributed by atoms with Crippen LogP contribution >= 0.6 is 10.0 Å². The van der Waals surface area contributed by atoms with E-state index in [0.717, 1.165) is 13.1 Å². The molecular formula is C12H28ClGeN3. The van der Waals surface area contributed by atoms with Gasteiger partial charge in [0.2, 0.25) is 0 Å². The molecule has 0 saturated carbocycles. The molecule has 0 aromatic heterocycles. The van der Waals surface area contributed by atoms with Crippen molar-refractivity contribution in [1.29, 1.82) is 0 Å². The zero-order valence-electron chi connectivity index (χ0n) is 12.6. The van der Waals surface area contributed by atoms with E-state index in [2.05, 4.69) is 67.2 Å². The Hall–Kier alpha value is 0.713. The van der Waals surface area contributed by atoms with Crippen molar-refractivity contribution in [3.8, 4) is 0 Å². The number of halogens is 1. The minimum atomic E-state index is -2.81. The Morgan fingerprint density at radius 2 is 1.18 bits per heavy atom. The molecule has 0 bridgehead atoms. The summed E-state index contributed by atoms with van der Waals surface area (Å²) in [4.78, 5) is 0. The van der Waals surface area contributed by atoms with Crippen molar-refractivity contribution in [2.75, 3.05) is 27.2 Å². The summed E-state index contributed by atoms with van der Waals surface area (Å²) in [5.41, 5.74) is 0.290. The second kappa shape index (κ2) is 4.67. The summed E-state index contributed by atoms with van der Waals surface area (Å²) in [7, 11) is 11.4. The molecule has 0 radical (unpaired) electrons. The molecule has 0 N–H and O–H groups in total. The number of rotatable bonds is 1. The Kier molecular flexibility index (Phi) is 4.34. The molecular weight excluding hydrogens is 294 g/mol. The van der Waals surface area contributed by atoms with Crippen molar-refractivity contribution in [1.82, 2.24) is 11.6 Å². The summed E-state index contributed by atoms with van der Waals surface area (Å²) < 4.78 is 7.41. The van der Waals surface area contributed by atoms with Gasteiger partial charge in [-0.25, -0.2) is 0 Å². The van der Waals surface area contributed by atoms with Crippen LogP contribution in [-0.2, 0) is 0 Å². The van der Waals surface area contributed by atoms with Crippen molar-refractivity contribution >= 4 is 23.0 Å². The van der Waals surface area contributed by atoms with Crippen LogP contribution in [0.2, 0.25) is 0 Å². The first-order valence-electron chi connectivity index (χ1n) is 6.33. The van der Waals surface area contributed by atoms with E-state index in [1.54, 1.807) is 0 Å². The topological polar surface area (TPSA) is 9.72 Å². The fourth-order valence-electron chi connectivity index (χ4n) is 2.64. The van der Waals surface area contributed by atoms with E-state index in [0.29, 0.717) is 0 Å². The fourth-order valence-corrected chi connectivity index (χ4v) is 14.0. The van der Waals surface area contributed by atoms with Gasteiger partial charge in [-0.3, -0.25) is 0 Å². The minimum absolute atomic E-state index is 0.145. The Bertz CT molecular complexity index is 258. The van der Waals surface area contributed by atoms with Crippen LogP contribution in [0, 0.1) is 0 Å². The van der Waals surface area contributed by atoms with E-state index in [1.807, 2.05) is 0 Å². The van der Waals surface area contributed by atoms with Gasteiger partial charge in [-0.15, -0.1) is 0 Å². The molecule has 5 heteroatoms. The number of hydrogen-bond donors (Lipinski definition) is 0. The molecule has 0 atom stereocenters. The molecule has 17 heavy (non-hydrogen) atoms. The Morgan fingerprint density at radius 1 is 0.882 bits per heavy atom. The maximum absolute atomic E-state index is 7.17. The van der Waals surface area contributed by atoms with Crippen LogP contribution in [0.25, 0.3) is 0 Å². The van der Waals surface area contributed by atoms with Gasteiger partial charge in [0.25, 0.3) is 0 Å². The monoisotopic (exact) mass is 323 g/mol. The molecule has 0 unspecified atom stereocenters. The molecule has 1 rings (SSSR count). The molecule has 1 saturated heterocycles. The summed E-state index contributed by atoms with van der Waals surface area (Å²) in [6, 6.07) is 0. The predicted molar refractivity (Wildman–Crippen MR) is 78.2 cm³/mol. The summed E-state index contributed by atoms with van der Waals surface area (Å²) >= 11 is -2.81. The third-order valence-corrected chi connectivity index (χ3v) is 16.3. The van der Waals surface area contributed by atoms with Crippen molar-refractivity contribution < 1.29 is 0 Å².